The molecule has 0 atom stereocenters. The van der Waals surface area contributed by atoms with Crippen LogP contribution >= 0.6 is 0 Å². The number of carbonyl (C=O) groups excluding carboxylic acids is 1. The van der Waals surface area contributed by atoms with Gasteiger partial charge in [-0.3, -0.25) is 4.79 Å². The molecule has 0 heterocycles. The van der Waals surface area contributed by atoms with Crippen molar-refractivity contribution in [2.75, 3.05) is 13.1 Å². The third-order valence-corrected chi connectivity index (χ3v) is 4.42. The van der Waals surface area contributed by atoms with E-state index in [4.69, 9.17) is 10.6 Å². The van der Waals surface area contributed by atoms with Crippen LogP contribution < -0.4 is 11.2 Å². The topological polar surface area (TPSA) is 64.3 Å². The number of carbonyl (C=O) groups is 1. The zero-order valence-electron chi connectivity index (χ0n) is 16.8. The van der Waals surface area contributed by atoms with E-state index in [9.17, 15) is 4.79 Å². The van der Waals surface area contributed by atoms with E-state index in [0.717, 1.165) is 12.8 Å². The van der Waals surface area contributed by atoms with Crippen LogP contribution in [0.4, 0.5) is 0 Å². The van der Waals surface area contributed by atoms with Gasteiger partial charge in [0.25, 0.3) is 0 Å². The zero-order valence-corrected chi connectivity index (χ0v) is 19.8. The SMILES string of the molecule is CCCCCCCCCCCCCCCCCC(=O)ONCCN.[Zn]. The van der Waals surface area contributed by atoms with Crippen molar-refractivity contribution in [2.45, 2.75) is 110 Å². The molecule has 0 saturated carbocycles. The minimum absolute atomic E-state index is 0. The number of nitrogens with two attached hydrogens (primary N) is 1. The summed E-state index contributed by atoms with van der Waals surface area (Å²) in [6.45, 7) is 3.27. The van der Waals surface area contributed by atoms with E-state index in [2.05, 4.69) is 12.4 Å². The van der Waals surface area contributed by atoms with E-state index < -0.39 is 0 Å². The van der Waals surface area contributed by atoms with Gasteiger partial charge in [-0.25, -0.2) is 0 Å². The molecule has 146 valence electrons. The summed E-state index contributed by atoms with van der Waals surface area (Å²) in [6, 6.07) is 0. The maximum Gasteiger partial charge on any atom is 0.324 e. The first-order chi connectivity index (χ1) is 11.8. The monoisotopic (exact) mass is 406 g/mol. The normalized spacial score (nSPS) is 10.5. The maximum atomic E-state index is 11.3. The van der Waals surface area contributed by atoms with E-state index in [1.807, 2.05) is 0 Å². The van der Waals surface area contributed by atoms with Gasteiger partial charge in [0.2, 0.25) is 0 Å². The predicted molar refractivity (Wildman–Crippen MR) is 103 cm³/mol. The third kappa shape index (κ3) is 24.0. The fourth-order valence-electron chi connectivity index (χ4n) is 2.88. The first kappa shape index (κ1) is 27.2. The molecule has 0 unspecified atom stereocenters. The van der Waals surface area contributed by atoms with Crippen LogP contribution in [0, 0.1) is 0 Å². The third-order valence-electron chi connectivity index (χ3n) is 4.42. The molecular formula is C20H42N2O2Zn. The zero-order chi connectivity index (χ0) is 17.7. The summed E-state index contributed by atoms with van der Waals surface area (Å²) in [6.07, 6.45) is 20.5. The van der Waals surface area contributed by atoms with E-state index in [1.165, 1.54) is 83.5 Å². The fourth-order valence-corrected chi connectivity index (χ4v) is 2.88. The molecule has 4 nitrogen and oxygen atoms in total. The Labute approximate surface area is 169 Å². The average Bonchev–Trinajstić information content (AvgIpc) is 2.58. The Balaban J connectivity index is 0. The quantitative estimate of drug-likeness (QED) is 0.174. The summed E-state index contributed by atoms with van der Waals surface area (Å²) in [7, 11) is 0. The average molecular weight is 408 g/mol. The summed E-state index contributed by atoms with van der Waals surface area (Å²) < 4.78 is 0. The number of nitrogens with one attached hydrogen (secondary N) is 1. The van der Waals surface area contributed by atoms with Gasteiger partial charge in [-0.1, -0.05) is 96.8 Å². The minimum atomic E-state index is -0.168. The van der Waals surface area contributed by atoms with Crippen molar-refractivity contribution in [2.24, 2.45) is 5.73 Å². The van der Waals surface area contributed by atoms with E-state index >= 15 is 0 Å². The van der Waals surface area contributed by atoms with Crippen molar-refractivity contribution in [1.82, 2.24) is 5.48 Å². The van der Waals surface area contributed by atoms with Crippen LogP contribution in [0.15, 0.2) is 0 Å². The summed E-state index contributed by atoms with van der Waals surface area (Å²) in [4.78, 5) is 16.2. The van der Waals surface area contributed by atoms with Crippen LogP contribution in [0.3, 0.4) is 0 Å². The molecule has 0 amide bonds. The van der Waals surface area contributed by atoms with Gasteiger partial charge in [0.05, 0.1) is 0 Å². The van der Waals surface area contributed by atoms with Crippen LogP contribution in [0.2, 0.25) is 0 Å². The Morgan fingerprint density at radius 1 is 0.760 bits per heavy atom. The van der Waals surface area contributed by atoms with Crippen LogP contribution in [-0.2, 0) is 29.1 Å². The van der Waals surface area contributed by atoms with Gasteiger partial charge >= 0.3 is 5.97 Å². The van der Waals surface area contributed by atoms with Gasteiger partial charge in [0.1, 0.15) is 0 Å². The minimum Gasteiger partial charge on any atom is -0.371 e. The molecule has 0 aliphatic carbocycles. The van der Waals surface area contributed by atoms with Crippen molar-refractivity contribution in [3.8, 4) is 0 Å². The Hall–Kier alpha value is 0.0134. The molecule has 0 aliphatic rings. The van der Waals surface area contributed by atoms with Crippen LogP contribution in [-0.4, -0.2) is 19.1 Å². The van der Waals surface area contributed by atoms with Crippen LogP contribution in [0.25, 0.3) is 0 Å². The van der Waals surface area contributed by atoms with Crippen molar-refractivity contribution in [1.29, 1.82) is 0 Å². The molecule has 0 radical (unpaired) electrons. The van der Waals surface area contributed by atoms with Gasteiger partial charge in [-0.15, -0.1) is 0 Å². The van der Waals surface area contributed by atoms with E-state index in [-0.39, 0.29) is 25.4 Å². The Kier molecular flexibility index (Phi) is 26.2. The van der Waals surface area contributed by atoms with Gasteiger partial charge in [0, 0.05) is 39.0 Å². The number of hydroxylamine groups is 1. The molecule has 0 saturated heterocycles. The Morgan fingerprint density at radius 2 is 1.16 bits per heavy atom. The first-order valence-electron chi connectivity index (χ1n) is 10.4. The Morgan fingerprint density at radius 3 is 1.56 bits per heavy atom. The molecule has 0 aromatic rings. The number of unbranched alkanes of at least 4 members (excludes halogenated alkanes) is 14. The second-order valence-corrected chi connectivity index (χ2v) is 6.86. The smallest absolute Gasteiger partial charge is 0.324 e. The molecule has 0 bridgehead atoms. The van der Waals surface area contributed by atoms with E-state index in [1.54, 1.807) is 0 Å². The largest absolute Gasteiger partial charge is 0.371 e. The van der Waals surface area contributed by atoms with Gasteiger partial charge < -0.3 is 10.6 Å². The summed E-state index contributed by atoms with van der Waals surface area (Å²) in [5, 5.41) is 0. The van der Waals surface area contributed by atoms with Gasteiger partial charge in [0.15, 0.2) is 0 Å². The van der Waals surface area contributed by atoms with E-state index in [0.29, 0.717) is 19.5 Å². The first-order valence-corrected chi connectivity index (χ1v) is 10.4. The van der Waals surface area contributed by atoms with Crippen molar-refractivity contribution >= 4 is 5.97 Å². The number of rotatable bonds is 19. The fraction of sp³-hybridized carbons (Fsp3) is 0.950. The number of hydrogen-bond donors (Lipinski definition) is 2. The summed E-state index contributed by atoms with van der Waals surface area (Å²) >= 11 is 0. The summed E-state index contributed by atoms with van der Waals surface area (Å²) in [5.41, 5.74) is 7.86. The molecule has 0 rings (SSSR count). The maximum absolute atomic E-state index is 11.3. The van der Waals surface area contributed by atoms with Gasteiger partial charge in [-0.05, 0) is 6.42 Å². The van der Waals surface area contributed by atoms with Gasteiger partial charge in [-0.2, -0.15) is 5.48 Å². The second-order valence-electron chi connectivity index (χ2n) is 6.86. The van der Waals surface area contributed by atoms with Crippen LogP contribution in [0.5, 0.6) is 0 Å². The molecule has 5 heteroatoms. The standard InChI is InChI=1S/C20H42N2O2.Zn/c1-2-3-4-5-6-7-8-9-10-11-12-13-14-15-16-17-20(23)24-22-19-18-21;/h22H,2-19,21H2,1H3;. The number of hydrogen-bond acceptors (Lipinski definition) is 4. The molecule has 0 fully saturated rings. The molecule has 3 N–H and O–H groups in total. The molecule has 0 aromatic carbocycles. The molecule has 0 aliphatic heterocycles. The molecule has 0 aromatic heterocycles. The van der Waals surface area contributed by atoms with Crippen molar-refractivity contribution in [3.05, 3.63) is 0 Å². The Bertz CT molecular complexity index is 266. The van der Waals surface area contributed by atoms with Crippen LogP contribution in [0.1, 0.15) is 110 Å². The summed E-state index contributed by atoms with van der Waals surface area (Å²) in [5.74, 6) is -0.168. The van der Waals surface area contributed by atoms with Crippen molar-refractivity contribution < 1.29 is 29.1 Å². The van der Waals surface area contributed by atoms with Crippen molar-refractivity contribution in [3.63, 3.8) is 0 Å². The molecular weight excluding hydrogens is 366 g/mol. The second kappa shape index (κ2) is 24.0. The predicted octanol–water partition coefficient (Wildman–Crippen LogP) is 5.25. The molecule has 25 heavy (non-hydrogen) atoms. The molecule has 0 spiro atoms.